The van der Waals surface area contributed by atoms with Gasteiger partial charge in [-0.05, 0) is 17.7 Å². The third kappa shape index (κ3) is 3.11. The SMILES string of the molecule is N#Cc1ccc(C=CCBr)c(C(F)(F)F)c1. The molecule has 0 heterocycles. The van der Waals surface area contributed by atoms with Crippen molar-refractivity contribution in [2.75, 3.05) is 5.33 Å². The van der Waals surface area contributed by atoms with Gasteiger partial charge in [-0.2, -0.15) is 18.4 Å². The number of halogens is 4. The van der Waals surface area contributed by atoms with Crippen molar-refractivity contribution in [3.05, 3.63) is 41.0 Å². The Kier molecular flexibility index (Phi) is 4.13. The molecule has 0 atom stereocenters. The van der Waals surface area contributed by atoms with Gasteiger partial charge in [0, 0.05) is 5.33 Å². The molecular weight excluding hydrogens is 283 g/mol. The standard InChI is InChI=1S/C11H7BrF3N/c12-5-1-2-9-4-3-8(7-16)6-10(9)11(13,14)15/h1-4,6H,5H2. The van der Waals surface area contributed by atoms with E-state index >= 15 is 0 Å². The third-order valence-corrected chi connectivity index (χ3v) is 2.25. The predicted octanol–water partition coefficient (Wildman–Crippen LogP) is 3.99. The maximum Gasteiger partial charge on any atom is 0.417 e. The van der Waals surface area contributed by atoms with Crippen molar-refractivity contribution in [2.45, 2.75) is 6.18 Å². The van der Waals surface area contributed by atoms with E-state index in [2.05, 4.69) is 15.9 Å². The number of nitrogens with zero attached hydrogens (tertiary/aromatic N) is 1. The highest BCUT2D eigenvalue weighted by atomic mass is 79.9. The maximum atomic E-state index is 12.6. The molecule has 1 aromatic rings. The van der Waals surface area contributed by atoms with Crippen molar-refractivity contribution in [2.24, 2.45) is 0 Å². The van der Waals surface area contributed by atoms with E-state index in [1.54, 1.807) is 12.1 Å². The molecule has 1 aromatic carbocycles. The highest BCUT2D eigenvalue weighted by Gasteiger charge is 2.32. The second kappa shape index (κ2) is 5.17. The molecule has 0 saturated heterocycles. The lowest BCUT2D eigenvalue weighted by Gasteiger charge is -2.10. The van der Waals surface area contributed by atoms with Crippen LogP contribution in [0.4, 0.5) is 13.2 Å². The summed E-state index contributed by atoms with van der Waals surface area (Å²) in [5.41, 5.74) is -0.724. The zero-order valence-electron chi connectivity index (χ0n) is 8.05. The quantitative estimate of drug-likeness (QED) is 0.756. The molecule has 0 bridgehead atoms. The summed E-state index contributed by atoms with van der Waals surface area (Å²) < 4.78 is 37.9. The first-order valence-corrected chi connectivity index (χ1v) is 5.45. The van der Waals surface area contributed by atoms with Crippen LogP contribution in [-0.2, 0) is 6.18 Å². The monoisotopic (exact) mass is 289 g/mol. The molecular formula is C11H7BrF3N. The molecule has 0 spiro atoms. The number of rotatable bonds is 2. The Morgan fingerprint density at radius 2 is 2.06 bits per heavy atom. The molecule has 0 amide bonds. The Balaban J connectivity index is 3.29. The largest absolute Gasteiger partial charge is 0.417 e. The second-order valence-electron chi connectivity index (χ2n) is 2.97. The average molecular weight is 290 g/mol. The van der Waals surface area contributed by atoms with Gasteiger partial charge in [0.2, 0.25) is 0 Å². The van der Waals surface area contributed by atoms with Gasteiger partial charge in [0.15, 0.2) is 0 Å². The maximum absolute atomic E-state index is 12.6. The molecule has 84 valence electrons. The Morgan fingerprint density at radius 1 is 1.38 bits per heavy atom. The summed E-state index contributed by atoms with van der Waals surface area (Å²) in [5, 5.41) is 9.03. The van der Waals surface area contributed by atoms with E-state index in [4.69, 9.17) is 5.26 Å². The highest BCUT2D eigenvalue weighted by molar-refractivity contribution is 9.09. The smallest absolute Gasteiger partial charge is 0.192 e. The summed E-state index contributed by atoms with van der Waals surface area (Å²) >= 11 is 3.09. The van der Waals surface area contributed by atoms with E-state index in [0.29, 0.717) is 5.33 Å². The molecule has 5 heteroatoms. The fourth-order valence-corrected chi connectivity index (χ4v) is 1.38. The molecule has 0 aromatic heterocycles. The molecule has 1 nitrogen and oxygen atoms in total. The summed E-state index contributed by atoms with van der Waals surface area (Å²) in [6, 6.07) is 5.20. The predicted molar refractivity (Wildman–Crippen MR) is 59.0 cm³/mol. The van der Waals surface area contributed by atoms with Gasteiger partial charge in [0.05, 0.1) is 17.2 Å². The fraction of sp³-hybridized carbons (Fsp3) is 0.182. The number of hydrogen-bond donors (Lipinski definition) is 0. The van der Waals surface area contributed by atoms with E-state index in [1.165, 1.54) is 18.2 Å². The van der Waals surface area contributed by atoms with Crippen LogP contribution < -0.4 is 0 Å². The molecule has 0 fully saturated rings. The summed E-state index contributed by atoms with van der Waals surface area (Å²) in [6.07, 6.45) is -1.51. The summed E-state index contributed by atoms with van der Waals surface area (Å²) in [4.78, 5) is 0. The van der Waals surface area contributed by atoms with Gasteiger partial charge in [-0.15, -0.1) is 0 Å². The second-order valence-corrected chi connectivity index (χ2v) is 3.62. The Labute approximate surface area is 99.3 Å². The summed E-state index contributed by atoms with van der Waals surface area (Å²) in [7, 11) is 0. The van der Waals surface area contributed by atoms with Crippen LogP contribution in [0.15, 0.2) is 24.3 Å². The van der Waals surface area contributed by atoms with Crippen LogP contribution in [0.25, 0.3) is 6.08 Å². The van der Waals surface area contributed by atoms with Crippen LogP contribution in [0.1, 0.15) is 16.7 Å². The minimum absolute atomic E-state index is 0.00307. The molecule has 0 saturated carbocycles. The molecule has 0 aliphatic heterocycles. The van der Waals surface area contributed by atoms with Gasteiger partial charge in [-0.25, -0.2) is 0 Å². The number of allylic oxidation sites excluding steroid dienone is 1. The lowest BCUT2D eigenvalue weighted by molar-refractivity contribution is -0.137. The third-order valence-electron chi connectivity index (χ3n) is 1.87. The first-order valence-electron chi connectivity index (χ1n) is 4.33. The number of benzene rings is 1. The van der Waals surface area contributed by atoms with E-state index < -0.39 is 11.7 Å². The van der Waals surface area contributed by atoms with E-state index in [-0.39, 0.29) is 11.1 Å². The van der Waals surface area contributed by atoms with E-state index in [0.717, 1.165) is 6.07 Å². The molecule has 1 rings (SSSR count). The van der Waals surface area contributed by atoms with Gasteiger partial charge < -0.3 is 0 Å². The average Bonchev–Trinajstić information content (AvgIpc) is 2.25. The Bertz CT molecular complexity index is 444. The Morgan fingerprint density at radius 3 is 2.56 bits per heavy atom. The van der Waals surface area contributed by atoms with E-state index in [9.17, 15) is 13.2 Å². The van der Waals surface area contributed by atoms with Crippen molar-refractivity contribution < 1.29 is 13.2 Å². The van der Waals surface area contributed by atoms with Crippen molar-refractivity contribution in [1.29, 1.82) is 5.26 Å². The van der Waals surface area contributed by atoms with Crippen molar-refractivity contribution in [1.82, 2.24) is 0 Å². The van der Waals surface area contributed by atoms with Gasteiger partial charge in [-0.3, -0.25) is 0 Å². The molecule has 0 aliphatic carbocycles. The van der Waals surface area contributed by atoms with Gasteiger partial charge in [0.25, 0.3) is 0 Å². The van der Waals surface area contributed by atoms with E-state index in [1.807, 2.05) is 0 Å². The molecule has 16 heavy (non-hydrogen) atoms. The van der Waals surface area contributed by atoms with Crippen LogP contribution in [0.3, 0.4) is 0 Å². The summed E-state index contributed by atoms with van der Waals surface area (Å²) in [5.74, 6) is 0. The van der Waals surface area contributed by atoms with Gasteiger partial charge in [-0.1, -0.05) is 34.1 Å². The minimum Gasteiger partial charge on any atom is -0.192 e. The lowest BCUT2D eigenvalue weighted by Crippen LogP contribution is -2.07. The first kappa shape index (κ1) is 12.8. The van der Waals surface area contributed by atoms with Gasteiger partial charge in [0.1, 0.15) is 0 Å². The normalized spacial score (nSPS) is 11.7. The van der Waals surface area contributed by atoms with Crippen LogP contribution in [0.5, 0.6) is 0 Å². The van der Waals surface area contributed by atoms with Crippen molar-refractivity contribution in [3.8, 4) is 6.07 Å². The summed E-state index contributed by atoms with van der Waals surface area (Å²) in [6.45, 7) is 0. The number of hydrogen-bond acceptors (Lipinski definition) is 1. The van der Waals surface area contributed by atoms with Gasteiger partial charge >= 0.3 is 6.18 Å². The Hall–Kier alpha value is -1.28. The van der Waals surface area contributed by atoms with Crippen LogP contribution in [0.2, 0.25) is 0 Å². The zero-order valence-corrected chi connectivity index (χ0v) is 9.64. The minimum atomic E-state index is -4.45. The molecule has 0 radical (unpaired) electrons. The first-order chi connectivity index (χ1) is 7.49. The molecule has 0 aliphatic rings. The molecule has 0 unspecified atom stereocenters. The van der Waals surface area contributed by atoms with Crippen LogP contribution in [-0.4, -0.2) is 5.33 Å². The fourth-order valence-electron chi connectivity index (χ4n) is 1.19. The van der Waals surface area contributed by atoms with Crippen LogP contribution >= 0.6 is 15.9 Å². The molecule has 0 N–H and O–H groups in total. The number of alkyl halides is 4. The topological polar surface area (TPSA) is 23.8 Å². The van der Waals surface area contributed by atoms with Crippen LogP contribution in [0, 0.1) is 11.3 Å². The van der Waals surface area contributed by atoms with Crippen molar-refractivity contribution >= 4 is 22.0 Å². The highest BCUT2D eigenvalue weighted by Crippen LogP contribution is 2.33. The number of nitriles is 1. The van der Waals surface area contributed by atoms with Crippen molar-refractivity contribution in [3.63, 3.8) is 0 Å². The zero-order chi connectivity index (χ0) is 12.2. The lowest BCUT2D eigenvalue weighted by atomic mass is 10.0.